The zero-order chi connectivity index (χ0) is 12.8. The van der Waals surface area contributed by atoms with Gasteiger partial charge in [0.05, 0.1) is 6.10 Å². The zero-order valence-electron chi connectivity index (χ0n) is 10.3. The average molecular weight is 240 g/mol. The second-order valence-corrected chi connectivity index (χ2v) is 5.32. The Morgan fingerprint density at radius 2 is 2.24 bits per heavy atom. The molecular weight excluding hydrogens is 220 g/mol. The van der Waals surface area contributed by atoms with Crippen LogP contribution in [0.3, 0.4) is 0 Å². The number of hydrogen-bond acceptors (Lipinski definition) is 4. The fourth-order valence-electron chi connectivity index (χ4n) is 2.95. The lowest BCUT2D eigenvalue weighted by molar-refractivity contribution is -0.155. The number of ketones is 1. The van der Waals surface area contributed by atoms with Crippen molar-refractivity contribution in [2.45, 2.75) is 63.3 Å². The van der Waals surface area contributed by atoms with Gasteiger partial charge < -0.3 is 15.7 Å². The summed E-state index contributed by atoms with van der Waals surface area (Å²) in [5.41, 5.74) is 5.10. The highest BCUT2D eigenvalue weighted by molar-refractivity contribution is 5.99. The van der Waals surface area contributed by atoms with Crippen LogP contribution in [0.5, 0.6) is 0 Å². The summed E-state index contributed by atoms with van der Waals surface area (Å²) in [5.74, 6) is -0.147. The summed E-state index contributed by atoms with van der Waals surface area (Å²) in [6, 6.07) is -0.891. The number of likely N-dealkylation sites (tertiary alicyclic amines) is 1. The SMILES string of the molecule is CC(O)C(N)C(=O)N1C(C)CCC12CCC2=O. The Balaban J connectivity index is 2.23. The van der Waals surface area contributed by atoms with Crippen LogP contribution >= 0.6 is 0 Å². The van der Waals surface area contributed by atoms with Gasteiger partial charge in [0.2, 0.25) is 5.91 Å². The van der Waals surface area contributed by atoms with Crippen LogP contribution in [-0.4, -0.2) is 45.4 Å². The smallest absolute Gasteiger partial charge is 0.243 e. The van der Waals surface area contributed by atoms with Crippen molar-refractivity contribution < 1.29 is 14.7 Å². The largest absolute Gasteiger partial charge is 0.391 e. The Hall–Kier alpha value is -0.940. The highest BCUT2D eigenvalue weighted by Gasteiger charge is 2.57. The number of carbonyl (C=O) groups is 2. The highest BCUT2D eigenvalue weighted by Crippen LogP contribution is 2.45. The van der Waals surface area contributed by atoms with E-state index in [1.54, 1.807) is 4.90 Å². The molecule has 2 rings (SSSR count). The molecular formula is C12H20N2O3. The van der Waals surface area contributed by atoms with Crippen molar-refractivity contribution >= 4 is 11.7 Å². The van der Waals surface area contributed by atoms with E-state index >= 15 is 0 Å². The number of hydrogen-bond donors (Lipinski definition) is 2. The molecule has 96 valence electrons. The van der Waals surface area contributed by atoms with Crippen molar-refractivity contribution in [1.82, 2.24) is 4.90 Å². The van der Waals surface area contributed by atoms with Gasteiger partial charge in [-0.15, -0.1) is 0 Å². The van der Waals surface area contributed by atoms with Crippen molar-refractivity contribution in [2.24, 2.45) is 5.73 Å². The first kappa shape index (κ1) is 12.5. The molecule has 4 atom stereocenters. The van der Waals surface area contributed by atoms with Crippen LogP contribution in [0.25, 0.3) is 0 Å². The summed E-state index contributed by atoms with van der Waals surface area (Å²) in [6.45, 7) is 3.44. The maximum Gasteiger partial charge on any atom is 0.243 e. The maximum absolute atomic E-state index is 12.2. The second-order valence-electron chi connectivity index (χ2n) is 5.32. The zero-order valence-corrected chi connectivity index (χ0v) is 10.3. The Labute approximate surface area is 101 Å². The van der Waals surface area contributed by atoms with E-state index in [1.807, 2.05) is 6.92 Å². The normalized spacial score (nSPS) is 35.9. The Morgan fingerprint density at radius 3 is 2.65 bits per heavy atom. The predicted octanol–water partition coefficient (Wildman–Crippen LogP) is -0.193. The molecule has 5 heteroatoms. The summed E-state index contributed by atoms with van der Waals surface area (Å²) >= 11 is 0. The van der Waals surface area contributed by atoms with Crippen molar-refractivity contribution in [3.8, 4) is 0 Å². The minimum absolute atomic E-state index is 0.0385. The van der Waals surface area contributed by atoms with Gasteiger partial charge in [-0.1, -0.05) is 0 Å². The third-order valence-corrected chi connectivity index (χ3v) is 4.20. The first-order valence-corrected chi connectivity index (χ1v) is 6.20. The molecule has 1 saturated heterocycles. The first-order chi connectivity index (χ1) is 7.90. The molecule has 0 aromatic rings. The molecule has 0 radical (unpaired) electrons. The standard InChI is InChI=1S/C12H20N2O3/c1-7-3-5-12(6-4-9(12)16)14(7)11(17)10(13)8(2)15/h7-8,10,15H,3-6,13H2,1-2H3. The van der Waals surface area contributed by atoms with E-state index in [2.05, 4.69) is 0 Å². The second kappa shape index (κ2) is 4.07. The summed E-state index contributed by atoms with van der Waals surface area (Å²) in [7, 11) is 0. The summed E-state index contributed by atoms with van der Waals surface area (Å²) in [4.78, 5) is 25.7. The van der Waals surface area contributed by atoms with E-state index in [9.17, 15) is 14.7 Å². The topological polar surface area (TPSA) is 83.6 Å². The minimum Gasteiger partial charge on any atom is -0.391 e. The number of nitrogens with two attached hydrogens (primary N) is 1. The number of Topliss-reactive ketones (excluding diaryl/α,β-unsaturated/α-hetero) is 1. The quantitative estimate of drug-likeness (QED) is 0.700. The molecule has 2 fully saturated rings. The van der Waals surface area contributed by atoms with E-state index in [0.717, 1.165) is 19.3 Å². The van der Waals surface area contributed by atoms with Gasteiger partial charge in [-0.3, -0.25) is 9.59 Å². The Bertz CT molecular complexity index is 356. The molecule has 1 heterocycles. The fraction of sp³-hybridized carbons (Fsp3) is 0.833. The predicted molar refractivity (Wildman–Crippen MR) is 62.2 cm³/mol. The van der Waals surface area contributed by atoms with E-state index in [1.165, 1.54) is 6.92 Å². The molecule has 1 aliphatic carbocycles. The van der Waals surface area contributed by atoms with Crippen LogP contribution in [0, 0.1) is 0 Å². The van der Waals surface area contributed by atoms with E-state index < -0.39 is 17.7 Å². The van der Waals surface area contributed by atoms with Crippen LogP contribution in [0.1, 0.15) is 39.5 Å². The van der Waals surface area contributed by atoms with Gasteiger partial charge in [0.25, 0.3) is 0 Å². The molecule has 0 aromatic heterocycles. The van der Waals surface area contributed by atoms with E-state index in [0.29, 0.717) is 6.42 Å². The molecule has 0 bridgehead atoms. The van der Waals surface area contributed by atoms with Crippen LogP contribution < -0.4 is 5.73 Å². The summed E-state index contributed by atoms with van der Waals surface area (Å²) in [6.07, 6.45) is 1.99. The number of aliphatic hydroxyl groups is 1. The molecule has 1 spiro atoms. The van der Waals surface area contributed by atoms with Gasteiger partial charge in [0.15, 0.2) is 5.78 Å². The lowest BCUT2D eigenvalue weighted by Crippen LogP contribution is -2.64. The molecule has 1 saturated carbocycles. The number of amides is 1. The maximum atomic E-state index is 12.2. The van der Waals surface area contributed by atoms with Gasteiger partial charge in [0.1, 0.15) is 11.6 Å². The molecule has 2 aliphatic rings. The van der Waals surface area contributed by atoms with Crippen LogP contribution in [0.2, 0.25) is 0 Å². The van der Waals surface area contributed by atoms with Crippen LogP contribution in [0.4, 0.5) is 0 Å². The van der Waals surface area contributed by atoms with Crippen LogP contribution in [-0.2, 0) is 9.59 Å². The molecule has 1 aliphatic heterocycles. The van der Waals surface area contributed by atoms with Gasteiger partial charge in [-0.05, 0) is 33.1 Å². The number of carbonyl (C=O) groups excluding carboxylic acids is 2. The van der Waals surface area contributed by atoms with Gasteiger partial charge in [-0.2, -0.15) is 0 Å². The van der Waals surface area contributed by atoms with Gasteiger partial charge >= 0.3 is 0 Å². The first-order valence-electron chi connectivity index (χ1n) is 6.20. The number of rotatable bonds is 2. The molecule has 1 amide bonds. The third kappa shape index (κ3) is 1.68. The van der Waals surface area contributed by atoms with Crippen molar-refractivity contribution in [2.75, 3.05) is 0 Å². The average Bonchev–Trinajstić information content (AvgIpc) is 2.65. The lowest BCUT2D eigenvalue weighted by Gasteiger charge is -2.46. The lowest BCUT2D eigenvalue weighted by atomic mass is 9.73. The highest BCUT2D eigenvalue weighted by atomic mass is 16.3. The third-order valence-electron chi connectivity index (χ3n) is 4.20. The van der Waals surface area contributed by atoms with Crippen molar-refractivity contribution in [3.05, 3.63) is 0 Å². The number of nitrogens with zero attached hydrogens (tertiary/aromatic N) is 1. The van der Waals surface area contributed by atoms with Crippen molar-refractivity contribution in [3.63, 3.8) is 0 Å². The van der Waals surface area contributed by atoms with Gasteiger partial charge in [-0.25, -0.2) is 0 Å². The number of aliphatic hydroxyl groups excluding tert-OH is 1. The molecule has 5 nitrogen and oxygen atoms in total. The summed E-state index contributed by atoms with van der Waals surface area (Å²) < 4.78 is 0. The Kier molecular flexibility index (Phi) is 2.99. The van der Waals surface area contributed by atoms with Gasteiger partial charge in [0, 0.05) is 12.5 Å². The monoisotopic (exact) mass is 240 g/mol. The molecule has 3 N–H and O–H groups in total. The molecule has 0 aromatic carbocycles. The van der Waals surface area contributed by atoms with E-state index in [-0.39, 0.29) is 17.7 Å². The fourth-order valence-corrected chi connectivity index (χ4v) is 2.95. The minimum atomic E-state index is -0.930. The summed E-state index contributed by atoms with van der Waals surface area (Å²) in [5, 5.41) is 9.41. The van der Waals surface area contributed by atoms with Crippen molar-refractivity contribution in [1.29, 1.82) is 0 Å². The van der Waals surface area contributed by atoms with Crippen LogP contribution in [0.15, 0.2) is 0 Å². The van der Waals surface area contributed by atoms with E-state index in [4.69, 9.17) is 5.73 Å². The molecule has 17 heavy (non-hydrogen) atoms. The molecule has 4 unspecified atom stereocenters. The Morgan fingerprint density at radius 1 is 1.59 bits per heavy atom.